The minimum absolute atomic E-state index is 0.0647. The molecule has 0 saturated carbocycles. The molecule has 0 aromatic heterocycles. The number of aliphatic hydroxyl groups excluding tert-OH is 1. The third-order valence-electron chi connectivity index (χ3n) is 3.74. The predicted octanol–water partition coefficient (Wildman–Crippen LogP) is 2.85. The first-order valence-corrected chi connectivity index (χ1v) is 6.98. The molecule has 0 radical (unpaired) electrons. The van der Waals surface area contributed by atoms with E-state index in [0.717, 1.165) is 12.1 Å². The van der Waals surface area contributed by atoms with E-state index < -0.39 is 17.8 Å². The molecular formula is C15H20F3NO2. The number of halogens is 3. The van der Waals surface area contributed by atoms with Gasteiger partial charge in [0.15, 0.2) is 0 Å². The molecule has 21 heavy (non-hydrogen) atoms. The molecule has 1 saturated heterocycles. The lowest BCUT2D eigenvalue weighted by atomic mass is 10.0. The van der Waals surface area contributed by atoms with Crippen LogP contribution < -0.4 is 0 Å². The molecule has 1 heterocycles. The van der Waals surface area contributed by atoms with Gasteiger partial charge in [0.25, 0.3) is 0 Å². The summed E-state index contributed by atoms with van der Waals surface area (Å²) in [5.41, 5.74) is -0.446. The maximum Gasteiger partial charge on any atom is 0.416 e. The molecule has 3 nitrogen and oxygen atoms in total. The highest BCUT2D eigenvalue weighted by molar-refractivity contribution is 5.27. The summed E-state index contributed by atoms with van der Waals surface area (Å²) in [6, 6.07) is 5.01. The Balaban J connectivity index is 2.08. The van der Waals surface area contributed by atoms with E-state index in [1.165, 1.54) is 12.1 Å². The second-order valence-electron chi connectivity index (χ2n) is 5.59. The van der Waals surface area contributed by atoms with Crippen LogP contribution in [0, 0.1) is 0 Å². The van der Waals surface area contributed by atoms with Crippen molar-refractivity contribution in [3.05, 3.63) is 35.4 Å². The maximum absolute atomic E-state index is 12.7. The van der Waals surface area contributed by atoms with Gasteiger partial charge in [-0.25, -0.2) is 0 Å². The first-order chi connectivity index (χ1) is 9.77. The van der Waals surface area contributed by atoms with Crippen LogP contribution in [0.5, 0.6) is 0 Å². The molecule has 118 valence electrons. The van der Waals surface area contributed by atoms with Crippen molar-refractivity contribution in [1.29, 1.82) is 0 Å². The Bertz CT molecular complexity index is 478. The Morgan fingerprint density at radius 3 is 2.76 bits per heavy atom. The molecule has 0 bridgehead atoms. The van der Waals surface area contributed by atoms with E-state index in [0.29, 0.717) is 19.7 Å². The average molecular weight is 303 g/mol. The minimum atomic E-state index is -4.39. The molecule has 2 rings (SSSR count). The molecule has 3 unspecified atom stereocenters. The second kappa shape index (κ2) is 6.34. The first-order valence-electron chi connectivity index (χ1n) is 6.98. The van der Waals surface area contributed by atoms with Gasteiger partial charge >= 0.3 is 6.18 Å². The fourth-order valence-corrected chi connectivity index (χ4v) is 2.48. The standard InChI is InChI=1S/C15H20F3NO2/c1-10-9-21-11(2)7-19(10)8-14(20)12-4-3-5-13(6-12)15(16,17)18/h3-6,10-11,14,20H,7-9H2,1-2H3. The lowest BCUT2D eigenvalue weighted by molar-refractivity contribution is -0.137. The van der Waals surface area contributed by atoms with Crippen molar-refractivity contribution in [3.8, 4) is 0 Å². The van der Waals surface area contributed by atoms with Crippen molar-refractivity contribution in [2.24, 2.45) is 0 Å². The van der Waals surface area contributed by atoms with Crippen molar-refractivity contribution < 1.29 is 23.0 Å². The van der Waals surface area contributed by atoms with Crippen molar-refractivity contribution in [1.82, 2.24) is 4.90 Å². The van der Waals surface area contributed by atoms with Gasteiger partial charge < -0.3 is 9.84 Å². The highest BCUT2D eigenvalue weighted by Crippen LogP contribution is 2.31. The number of nitrogens with zero attached hydrogens (tertiary/aromatic N) is 1. The smallest absolute Gasteiger partial charge is 0.387 e. The van der Waals surface area contributed by atoms with E-state index in [1.807, 2.05) is 18.7 Å². The molecule has 1 aliphatic rings. The number of benzene rings is 1. The van der Waals surface area contributed by atoms with Crippen LogP contribution in [0.15, 0.2) is 24.3 Å². The quantitative estimate of drug-likeness (QED) is 0.932. The summed E-state index contributed by atoms with van der Waals surface area (Å²) < 4.78 is 43.6. The van der Waals surface area contributed by atoms with Gasteiger partial charge in [-0.15, -0.1) is 0 Å². The minimum Gasteiger partial charge on any atom is -0.387 e. The summed E-state index contributed by atoms with van der Waals surface area (Å²) in [4.78, 5) is 2.04. The molecule has 0 amide bonds. The zero-order valence-electron chi connectivity index (χ0n) is 12.1. The molecule has 0 spiro atoms. The van der Waals surface area contributed by atoms with Crippen LogP contribution >= 0.6 is 0 Å². The van der Waals surface area contributed by atoms with Crippen molar-refractivity contribution in [2.45, 2.75) is 38.3 Å². The molecule has 3 atom stereocenters. The van der Waals surface area contributed by atoms with Crippen molar-refractivity contribution >= 4 is 0 Å². The molecule has 1 aromatic carbocycles. The number of rotatable bonds is 3. The van der Waals surface area contributed by atoms with Crippen LogP contribution in [-0.4, -0.2) is 41.8 Å². The van der Waals surface area contributed by atoms with E-state index in [1.54, 1.807) is 0 Å². The second-order valence-corrected chi connectivity index (χ2v) is 5.59. The monoisotopic (exact) mass is 303 g/mol. The van der Waals surface area contributed by atoms with Gasteiger partial charge in [0.2, 0.25) is 0 Å². The topological polar surface area (TPSA) is 32.7 Å². The Hall–Kier alpha value is -1.11. The molecule has 1 aliphatic heterocycles. The van der Waals surface area contributed by atoms with Gasteiger partial charge in [0.05, 0.1) is 24.4 Å². The number of β-amino-alcohol motifs (C(OH)–C–C–N with tert-alkyl or cyclic N) is 1. The van der Waals surface area contributed by atoms with Gasteiger partial charge in [-0.2, -0.15) is 13.2 Å². The normalized spacial score (nSPS) is 25.8. The van der Waals surface area contributed by atoms with Crippen molar-refractivity contribution in [3.63, 3.8) is 0 Å². The van der Waals surface area contributed by atoms with Crippen molar-refractivity contribution in [2.75, 3.05) is 19.7 Å². The number of aliphatic hydroxyl groups is 1. The summed E-state index contributed by atoms with van der Waals surface area (Å²) in [7, 11) is 0. The van der Waals surface area contributed by atoms with Gasteiger partial charge in [-0.3, -0.25) is 4.90 Å². The summed E-state index contributed by atoms with van der Waals surface area (Å²) in [6.45, 7) is 5.45. The fraction of sp³-hybridized carbons (Fsp3) is 0.600. The molecule has 1 fully saturated rings. The zero-order chi connectivity index (χ0) is 15.6. The average Bonchev–Trinajstić information content (AvgIpc) is 2.42. The Morgan fingerprint density at radius 1 is 1.38 bits per heavy atom. The number of ether oxygens (including phenoxy) is 1. The van der Waals surface area contributed by atoms with Crippen LogP contribution in [0.4, 0.5) is 13.2 Å². The van der Waals surface area contributed by atoms with E-state index in [4.69, 9.17) is 4.74 Å². The van der Waals surface area contributed by atoms with E-state index in [-0.39, 0.29) is 17.7 Å². The van der Waals surface area contributed by atoms with E-state index >= 15 is 0 Å². The van der Waals surface area contributed by atoms with Crippen LogP contribution in [0.2, 0.25) is 0 Å². The summed E-state index contributed by atoms with van der Waals surface area (Å²) >= 11 is 0. The third kappa shape index (κ3) is 4.18. The van der Waals surface area contributed by atoms with Crippen LogP contribution in [0.3, 0.4) is 0 Å². The van der Waals surface area contributed by atoms with E-state index in [9.17, 15) is 18.3 Å². The van der Waals surface area contributed by atoms with E-state index in [2.05, 4.69) is 0 Å². The highest BCUT2D eigenvalue weighted by Gasteiger charge is 2.31. The molecular weight excluding hydrogens is 283 g/mol. The predicted molar refractivity (Wildman–Crippen MR) is 72.9 cm³/mol. The van der Waals surface area contributed by atoms with Gasteiger partial charge in [-0.1, -0.05) is 12.1 Å². The lowest BCUT2D eigenvalue weighted by Gasteiger charge is -2.37. The fourth-order valence-electron chi connectivity index (χ4n) is 2.48. The Kier molecular flexibility index (Phi) is 4.91. The Labute approximate surface area is 122 Å². The van der Waals surface area contributed by atoms with Crippen LogP contribution in [0.25, 0.3) is 0 Å². The van der Waals surface area contributed by atoms with Crippen LogP contribution in [0.1, 0.15) is 31.1 Å². The van der Waals surface area contributed by atoms with Gasteiger partial charge in [0, 0.05) is 19.1 Å². The SMILES string of the molecule is CC1CN(CC(O)c2cccc(C(F)(F)F)c2)C(C)CO1. The zero-order valence-corrected chi connectivity index (χ0v) is 12.1. The van der Waals surface area contributed by atoms with Gasteiger partial charge in [-0.05, 0) is 31.5 Å². The van der Waals surface area contributed by atoms with Gasteiger partial charge in [0.1, 0.15) is 0 Å². The first kappa shape index (κ1) is 16.3. The number of hydrogen-bond acceptors (Lipinski definition) is 3. The number of hydrogen-bond donors (Lipinski definition) is 1. The maximum atomic E-state index is 12.7. The number of morpholine rings is 1. The summed E-state index contributed by atoms with van der Waals surface area (Å²) in [5.74, 6) is 0. The van der Waals surface area contributed by atoms with Crippen LogP contribution in [-0.2, 0) is 10.9 Å². The third-order valence-corrected chi connectivity index (χ3v) is 3.74. The highest BCUT2D eigenvalue weighted by atomic mass is 19.4. The largest absolute Gasteiger partial charge is 0.416 e. The number of alkyl halides is 3. The molecule has 1 N–H and O–H groups in total. The summed E-state index contributed by atoms with van der Waals surface area (Å²) in [5, 5.41) is 10.2. The molecule has 1 aromatic rings. The molecule has 0 aliphatic carbocycles. The summed E-state index contributed by atoms with van der Waals surface area (Å²) in [6.07, 6.45) is -5.27. The Morgan fingerprint density at radius 2 is 2.10 bits per heavy atom. The lowest BCUT2D eigenvalue weighted by Crippen LogP contribution is -2.48. The molecule has 6 heteroatoms.